The highest BCUT2D eigenvalue weighted by atomic mass is 16.5. The summed E-state index contributed by atoms with van der Waals surface area (Å²) in [5.74, 6) is 0.293. The van der Waals surface area contributed by atoms with Crippen molar-refractivity contribution in [3.8, 4) is 0 Å². The Hall–Kier alpha value is -1.88. The number of carbonyl (C=O) groups is 1. The average Bonchev–Trinajstić information content (AvgIpc) is 2.62. The molecule has 0 atom stereocenters. The van der Waals surface area contributed by atoms with E-state index in [0.29, 0.717) is 5.95 Å². The summed E-state index contributed by atoms with van der Waals surface area (Å²) in [5, 5.41) is 2.65. The minimum atomic E-state index is -0.214. The SMILES string of the molecule is COCC(=O)Nc1ncc2ccccn12. The van der Waals surface area contributed by atoms with E-state index in [1.165, 1.54) is 7.11 Å². The lowest BCUT2D eigenvalue weighted by atomic mass is 10.4. The second-order valence-electron chi connectivity index (χ2n) is 3.06. The third kappa shape index (κ3) is 1.97. The topological polar surface area (TPSA) is 55.6 Å². The molecule has 0 bridgehead atoms. The van der Waals surface area contributed by atoms with Gasteiger partial charge in [0.15, 0.2) is 0 Å². The zero-order valence-corrected chi connectivity index (χ0v) is 8.30. The van der Waals surface area contributed by atoms with Crippen LogP contribution in [-0.4, -0.2) is 29.0 Å². The molecular formula is C10H11N3O2. The van der Waals surface area contributed by atoms with E-state index in [9.17, 15) is 4.79 Å². The Labute approximate surface area is 86.7 Å². The van der Waals surface area contributed by atoms with Gasteiger partial charge in [0.25, 0.3) is 5.91 Å². The minimum absolute atomic E-state index is 0.0295. The zero-order chi connectivity index (χ0) is 10.7. The Balaban J connectivity index is 2.25. The first kappa shape index (κ1) is 9.67. The van der Waals surface area contributed by atoms with Gasteiger partial charge >= 0.3 is 0 Å². The average molecular weight is 205 g/mol. The number of hydrogen-bond acceptors (Lipinski definition) is 3. The molecule has 0 unspecified atom stereocenters. The van der Waals surface area contributed by atoms with Crippen molar-refractivity contribution in [1.29, 1.82) is 0 Å². The van der Waals surface area contributed by atoms with Crippen molar-refractivity contribution in [3.63, 3.8) is 0 Å². The first-order chi connectivity index (χ1) is 7.31. The fraction of sp³-hybridized carbons (Fsp3) is 0.200. The van der Waals surface area contributed by atoms with Crippen LogP contribution in [0.5, 0.6) is 0 Å². The Morgan fingerprint density at radius 2 is 2.47 bits per heavy atom. The van der Waals surface area contributed by atoms with E-state index in [1.807, 2.05) is 24.4 Å². The molecule has 0 aliphatic carbocycles. The maximum atomic E-state index is 11.3. The third-order valence-corrected chi connectivity index (χ3v) is 1.97. The van der Waals surface area contributed by atoms with Gasteiger partial charge < -0.3 is 4.74 Å². The number of pyridine rings is 1. The molecule has 0 aliphatic heterocycles. The molecule has 0 saturated heterocycles. The van der Waals surface area contributed by atoms with Crippen LogP contribution < -0.4 is 5.32 Å². The molecular weight excluding hydrogens is 194 g/mol. The predicted octanol–water partition coefficient (Wildman–Crippen LogP) is 0.919. The standard InChI is InChI=1S/C10H11N3O2/c1-15-7-9(14)12-10-11-6-8-4-2-3-5-13(8)10/h2-6H,7H2,1H3,(H,11,12,14). The molecule has 1 N–H and O–H groups in total. The van der Waals surface area contributed by atoms with Gasteiger partial charge in [-0.25, -0.2) is 4.98 Å². The van der Waals surface area contributed by atoms with E-state index in [1.54, 1.807) is 10.6 Å². The number of nitrogens with zero attached hydrogens (tertiary/aromatic N) is 2. The van der Waals surface area contributed by atoms with Crippen LogP contribution in [-0.2, 0) is 9.53 Å². The van der Waals surface area contributed by atoms with Crippen molar-refractivity contribution in [2.75, 3.05) is 19.0 Å². The summed E-state index contributed by atoms with van der Waals surface area (Å²) in [6, 6.07) is 5.71. The van der Waals surface area contributed by atoms with Gasteiger partial charge in [-0.05, 0) is 12.1 Å². The molecule has 2 rings (SSSR count). The quantitative estimate of drug-likeness (QED) is 0.810. The number of anilines is 1. The zero-order valence-electron chi connectivity index (χ0n) is 8.30. The summed E-state index contributed by atoms with van der Waals surface area (Å²) < 4.78 is 6.51. The van der Waals surface area contributed by atoms with E-state index < -0.39 is 0 Å². The van der Waals surface area contributed by atoms with Crippen molar-refractivity contribution in [3.05, 3.63) is 30.6 Å². The Morgan fingerprint density at radius 1 is 1.60 bits per heavy atom. The fourth-order valence-corrected chi connectivity index (χ4v) is 1.33. The van der Waals surface area contributed by atoms with Gasteiger partial charge in [-0.3, -0.25) is 14.5 Å². The number of amides is 1. The largest absolute Gasteiger partial charge is 0.375 e. The number of hydrogen-bond donors (Lipinski definition) is 1. The van der Waals surface area contributed by atoms with Crippen LogP contribution >= 0.6 is 0 Å². The summed E-state index contributed by atoms with van der Waals surface area (Å²) in [6.45, 7) is 0.0295. The minimum Gasteiger partial charge on any atom is -0.375 e. The maximum absolute atomic E-state index is 11.3. The van der Waals surface area contributed by atoms with Gasteiger partial charge in [0.05, 0.1) is 11.7 Å². The molecule has 0 aromatic carbocycles. The van der Waals surface area contributed by atoms with E-state index in [0.717, 1.165) is 5.52 Å². The molecule has 2 aromatic heterocycles. The summed E-state index contributed by atoms with van der Waals surface area (Å²) in [6.07, 6.45) is 3.53. The van der Waals surface area contributed by atoms with Gasteiger partial charge in [0.2, 0.25) is 5.95 Å². The van der Waals surface area contributed by atoms with Crippen LogP contribution in [0.4, 0.5) is 5.95 Å². The molecule has 2 heterocycles. The number of imidazole rings is 1. The molecule has 5 heteroatoms. The monoisotopic (exact) mass is 205 g/mol. The molecule has 0 fully saturated rings. The molecule has 0 spiro atoms. The molecule has 78 valence electrons. The van der Waals surface area contributed by atoms with Crippen LogP contribution in [0.1, 0.15) is 0 Å². The Bertz CT molecular complexity index is 478. The summed E-state index contributed by atoms with van der Waals surface area (Å²) >= 11 is 0. The number of rotatable bonds is 3. The second kappa shape index (κ2) is 4.10. The van der Waals surface area contributed by atoms with Gasteiger partial charge in [-0.2, -0.15) is 0 Å². The molecule has 15 heavy (non-hydrogen) atoms. The highest BCUT2D eigenvalue weighted by molar-refractivity contribution is 5.90. The maximum Gasteiger partial charge on any atom is 0.252 e. The van der Waals surface area contributed by atoms with E-state index in [4.69, 9.17) is 4.74 Å². The number of ether oxygens (including phenoxy) is 1. The Kier molecular flexibility index (Phi) is 2.64. The fourth-order valence-electron chi connectivity index (χ4n) is 1.33. The summed E-state index contributed by atoms with van der Waals surface area (Å²) in [5.41, 5.74) is 0.935. The van der Waals surface area contributed by atoms with Crippen LogP contribution in [0.15, 0.2) is 30.6 Å². The smallest absolute Gasteiger partial charge is 0.252 e. The lowest BCUT2D eigenvalue weighted by Gasteiger charge is -2.02. The van der Waals surface area contributed by atoms with Crippen LogP contribution in [0.3, 0.4) is 0 Å². The van der Waals surface area contributed by atoms with Crippen molar-refractivity contribution >= 4 is 17.4 Å². The van der Waals surface area contributed by atoms with Gasteiger partial charge in [-0.15, -0.1) is 0 Å². The highest BCUT2D eigenvalue weighted by Gasteiger charge is 2.06. The predicted molar refractivity (Wildman–Crippen MR) is 55.7 cm³/mol. The number of methoxy groups -OCH3 is 1. The normalized spacial score (nSPS) is 10.5. The van der Waals surface area contributed by atoms with Crippen molar-refractivity contribution in [2.45, 2.75) is 0 Å². The number of fused-ring (bicyclic) bond motifs is 1. The van der Waals surface area contributed by atoms with Gasteiger partial charge in [0.1, 0.15) is 6.61 Å². The van der Waals surface area contributed by atoms with Crippen LogP contribution in [0.2, 0.25) is 0 Å². The van der Waals surface area contributed by atoms with Gasteiger partial charge in [0, 0.05) is 13.3 Å². The van der Waals surface area contributed by atoms with E-state index in [2.05, 4.69) is 10.3 Å². The molecule has 2 aromatic rings. The lowest BCUT2D eigenvalue weighted by molar-refractivity contribution is -0.119. The first-order valence-electron chi connectivity index (χ1n) is 4.52. The second-order valence-corrected chi connectivity index (χ2v) is 3.06. The Morgan fingerprint density at radius 3 is 3.27 bits per heavy atom. The molecule has 1 amide bonds. The van der Waals surface area contributed by atoms with Crippen LogP contribution in [0.25, 0.3) is 5.52 Å². The third-order valence-electron chi connectivity index (χ3n) is 1.97. The van der Waals surface area contributed by atoms with Crippen molar-refractivity contribution < 1.29 is 9.53 Å². The van der Waals surface area contributed by atoms with Crippen molar-refractivity contribution in [2.24, 2.45) is 0 Å². The number of carbonyl (C=O) groups excluding carboxylic acids is 1. The first-order valence-corrected chi connectivity index (χ1v) is 4.52. The summed E-state index contributed by atoms with van der Waals surface area (Å²) in [7, 11) is 1.48. The number of aromatic nitrogens is 2. The summed E-state index contributed by atoms with van der Waals surface area (Å²) in [4.78, 5) is 15.4. The van der Waals surface area contributed by atoms with Gasteiger partial charge in [-0.1, -0.05) is 6.07 Å². The molecule has 0 aliphatic rings. The van der Waals surface area contributed by atoms with E-state index in [-0.39, 0.29) is 12.5 Å². The molecule has 5 nitrogen and oxygen atoms in total. The lowest BCUT2D eigenvalue weighted by Crippen LogP contribution is -2.18. The van der Waals surface area contributed by atoms with E-state index >= 15 is 0 Å². The highest BCUT2D eigenvalue weighted by Crippen LogP contribution is 2.09. The molecule has 0 radical (unpaired) electrons. The number of nitrogens with one attached hydrogen (secondary N) is 1. The van der Waals surface area contributed by atoms with Crippen molar-refractivity contribution in [1.82, 2.24) is 9.38 Å². The molecule has 0 saturated carbocycles. The van der Waals surface area contributed by atoms with Crippen LogP contribution in [0, 0.1) is 0 Å².